The number of nitrogens with zero attached hydrogens (tertiary/aromatic N) is 3. The van der Waals surface area contributed by atoms with Crippen molar-refractivity contribution < 1.29 is 4.39 Å². The van der Waals surface area contributed by atoms with Gasteiger partial charge in [0.15, 0.2) is 0 Å². The molecule has 4 rings (SSSR count). The van der Waals surface area contributed by atoms with Crippen molar-refractivity contribution in [3.63, 3.8) is 0 Å². The van der Waals surface area contributed by atoms with E-state index in [-0.39, 0.29) is 5.02 Å². The van der Waals surface area contributed by atoms with E-state index in [1.54, 1.807) is 22.8 Å². The van der Waals surface area contributed by atoms with Gasteiger partial charge in [0.05, 0.1) is 16.9 Å². The standard InChI is InChI=1S/C14H12ClFN4S/c15-10-5-9(3-4-11(10)16)12-7-18-14-20(12)19-13(21-14)17-6-8-1-2-8/h3-5,7-8H,1-2,6H2,(H,17,19). The maximum absolute atomic E-state index is 13.3. The van der Waals surface area contributed by atoms with Gasteiger partial charge < -0.3 is 5.32 Å². The highest BCUT2D eigenvalue weighted by atomic mass is 35.5. The average Bonchev–Trinajstić information content (AvgIpc) is 3.09. The van der Waals surface area contributed by atoms with Crippen molar-refractivity contribution in [3.8, 4) is 11.3 Å². The van der Waals surface area contributed by atoms with E-state index in [9.17, 15) is 4.39 Å². The third-order valence-electron chi connectivity index (χ3n) is 3.54. The third-order valence-corrected chi connectivity index (χ3v) is 4.71. The maximum Gasteiger partial charge on any atom is 0.214 e. The molecule has 1 aliphatic carbocycles. The van der Waals surface area contributed by atoms with E-state index in [1.807, 2.05) is 0 Å². The van der Waals surface area contributed by atoms with Crippen LogP contribution in [0.4, 0.5) is 9.52 Å². The molecule has 1 fully saturated rings. The van der Waals surface area contributed by atoms with Crippen LogP contribution in [-0.2, 0) is 0 Å². The van der Waals surface area contributed by atoms with Gasteiger partial charge in [-0.2, -0.15) is 0 Å². The van der Waals surface area contributed by atoms with Gasteiger partial charge in [0, 0.05) is 12.1 Å². The molecule has 0 atom stereocenters. The third kappa shape index (κ3) is 2.49. The quantitative estimate of drug-likeness (QED) is 0.787. The van der Waals surface area contributed by atoms with Crippen LogP contribution in [0.1, 0.15) is 12.8 Å². The summed E-state index contributed by atoms with van der Waals surface area (Å²) in [4.78, 5) is 5.16. The molecule has 2 aromatic heterocycles. The summed E-state index contributed by atoms with van der Waals surface area (Å²) in [6.07, 6.45) is 4.33. The Morgan fingerprint density at radius 3 is 3.05 bits per heavy atom. The first-order chi connectivity index (χ1) is 10.2. The summed E-state index contributed by atoms with van der Waals surface area (Å²) in [5.41, 5.74) is 1.61. The van der Waals surface area contributed by atoms with Gasteiger partial charge in [-0.1, -0.05) is 22.9 Å². The lowest BCUT2D eigenvalue weighted by molar-refractivity contribution is 0.628. The van der Waals surface area contributed by atoms with Crippen molar-refractivity contribution in [1.82, 2.24) is 14.6 Å². The minimum Gasteiger partial charge on any atom is -0.360 e. The van der Waals surface area contributed by atoms with E-state index in [1.165, 1.54) is 30.2 Å². The van der Waals surface area contributed by atoms with Gasteiger partial charge in [-0.25, -0.2) is 13.9 Å². The first-order valence-corrected chi connectivity index (χ1v) is 7.94. The van der Waals surface area contributed by atoms with Gasteiger partial charge >= 0.3 is 0 Å². The Bertz CT molecular complexity index is 809. The summed E-state index contributed by atoms with van der Waals surface area (Å²) in [5, 5.41) is 8.83. The van der Waals surface area contributed by atoms with E-state index in [0.29, 0.717) is 0 Å². The molecule has 0 unspecified atom stereocenters. The predicted octanol–water partition coefficient (Wildman–Crippen LogP) is 4.07. The number of rotatable bonds is 4. The summed E-state index contributed by atoms with van der Waals surface area (Å²) in [5.74, 6) is 0.364. The zero-order chi connectivity index (χ0) is 14.4. The molecule has 0 aliphatic heterocycles. The Balaban J connectivity index is 1.68. The molecule has 0 saturated heterocycles. The lowest BCUT2D eigenvalue weighted by atomic mass is 10.2. The van der Waals surface area contributed by atoms with Crippen molar-refractivity contribution in [3.05, 3.63) is 35.2 Å². The molecular weight excluding hydrogens is 311 g/mol. The smallest absolute Gasteiger partial charge is 0.214 e. The van der Waals surface area contributed by atoms with Crippen molar-refractivity contribution in [2.45, 2.75) is 12.8 Å². The van der Waals surface area contributed by atoms with Crippen molar-refractivity contribution >= 4 is 33.0 Å². The second kappa shape index (κ2) is 4.96. The molecule has 2 heterocycles. The Hall–Kier alpha value is -1.66. The number of imidazole rings is 1. The van der Waals surface area contributed by atoms with E-state index < -0.39 is 5.82 Å². The number of anilines is 1. The monoisotopic (exact) mass is 322 g/mol. The minimum atomic E-state index is -0.425. The molecular formula is C14H12ClFN4S. The van der Waals surface area contributed by atoms with Gasteiger partial charge in [0.1, 0.15) is 5.82 Å². The Kier molecular flexibility index (Phi) is 3.08. The van der Waals surface area contributed by atoms with Crippen molar-refractivity contribution in [1.29, 1.82) is 0 Å². The van der Waals surface area contributed by atoms with Crippen molar-refractivity contribution in [2.24, 2.45) is 5.92 Å². The van der Waals surface area contributed by atoms with Crippen LogP contribution in [0.2, 0.25) is 5.02 Å². The van der Waals surface area contributed by atoms with E-state index >= 15 is 0 Å². The molecule has 0 radical (unpaired) electrons. The lowest BCUT2D eigenvalue weighted by Gasteiger charge is -2.01. The fraction of sp³-hybridized carbons (Fsp3) is 0.286. The second-order valence-corrected chi connectivity index (χ2v) is 6.56. The largest absolute Gasteiger partial charge is 0.360 e. The number of hydrogen-bond donors (Lipinski definition) is 1. The molecule has 1 aromatic carbocycles. The molecule has 21 heavy (non-hydrogen) atoms. The maximum atomic E-state index is 13.3. The Morgan fingerprint density at radius 1 is 1.43 bits per heavy atom. The molecule has 108 valence electrons. The van der Waals surface area contributed by atoms with Crippen LogP contribution in [0.15, 0.2) is 24.4 Å². The summed E-state index contributed by atoms with van der Waals surface area (Å²) in [7, 11) is 0. The van der Waals surface area contributed by atoms with Gasteiger partial charge in [-0.3, -0.25) is 0 Å². The van der Waals surface area contributed by atoms with Crippen LogP contribution in [-0.4, -0.2) is 21.1 Å². The number of nitrogens with one attached hydrogen (secondary N) is 1. The van der Waals surface area contributed by atoms with Gasteiger partial charge in [-0.15, -0.1) is 5.10 Å². The number of aromatic nitrogens is 3. The molecule has 0 amide bonds. The molecule has 3 aromatic rings. The highest BCUT2D eigenvalue weighted by molar-refractivity contribution is 7.20. The fourth-order valence-electron chi connectivity index (χ4n) is 2.17. The van der Waals surface area contributed by atoms with Crippen LogP contribution in [0.3, 0.4) is 0 Å². The number of fused-ring (bicyclic) bond motifs is 1. The van der Waals surface area contributed by atoms with E-state index in [0.717, 1.165) is 33.8 Å². The average molecular weight is 323 g/mol. The molecule has 7 heteroatoms. The van der Waals surface area contributed by atoms with E-state index in [4.69, 9.17) is 11.6 Å². The van der Waals surface area contributed by atoms with Crippen LogP contribution >= 0.6 is 22.9 Å². The van der Waals surface area contributed by atoms with Crippen LogP contribution in [0, 0.1) is 11.7 Å². The predicted molar refractivity (Wildman–Crippen MR) is 82.5 cm³/mol. The SMILES string of the molecule is Fc1ccc(-c2cnc3sc(NCC4CC4)nn23)cc1Cl. The molecule has 1 N–H and O–H groups in total. The molecule has 1 saturated carbocycles. The summed E-state index contributed by atoms with van der Waals surface area (Å²) >= 11 is 7.36. The van der Waals surface area contributed by atoms with Crippen LogP contribution in [0.25, 0.3) is 16.2 Å². The first-order valence-electron chi connectivity index (χ1n) is 6.74. The number of hydrogen-bond acceptors (Lipinski definition) is 4. The van der Waals surface area contributed by atoms with Gasteiger partial charge in [0.2, 0.25) is 10.1 Å². The highest BCUT2D eigenvalue weighted by Gasteiger charge is 2.21. The minimum absolute atomic E-state index is 0.102. The zero-order valence-electron chi connectivity index (χ0n) is 11.0. The fourth-order valence-corrected chi connectivity index (χ4v) is 3.13. The first kappa shape index (κ1) is 13.0. The molecule has 0 bridgehead atoms. The molecule has 0 spiro atoms. The summed E-state index contributed by atoms with van der Waals surface area (Å²) in [6.45, 7) is 0.967. The highest BCUT2D eigenvalue weighted by Crippen LogP contribution is 2.31. The van der Waals surface area contributed by atoms with Crippen LogP contribution < -0.4 is 5.32 Å². The zero-order valence-corrected chi connectivity index (χ0v) is 12.6. The van der Waals surface area contributed by atoms with E-state index in [2.05, 4.69) is 15.4 Å². The summed E-state index contributed by atoms with van der Waals surface area (Å²) < 4.78 is 15.0. The normalized spacial score (nSPS) is 14.8. The number of benzene rings is 1. The lowest BCUT2D eigenvalue weighted by Crippen LogP contribution is -2.03. The molecule has 4 nitrogen and oxygen atoms in total. The number of halogens is 2. The Morgan fingerprint density at radius 2 is 2.29 bits per heavy atom. The molecule has 1 aliphatic rings. The topological polar surface area (TPSA) is 42.2 Å². The van der Waals surface area contributed by atoms with Gasteiger partial charge in [0.25, 0.3) is 0 Å². The second-order valence-electron chi connectivity index (χ2n) is 5.20. The van der Waals surface area contributed by atoms with Crippen LogP contribution in [0.5, 0.6) is 0 Å². The van der Waals surface area contributed by atoms with Gasteiger partial charge in [-0.05, 0) is 37.0 Å². The summed E-state index contributed by atoms with van der Waals surface area (Å²) in [6, 6.07) is 4.63. The van der Waals surface area contributed by atoms with Crippen molar-refractivity contribution in [2.75, 3.05) is 11.9 Å². The Labute approximate surface area is 129 Å².